The smallest absolute Gasteiger partial charge is 0.664 e. The summed E-state index contributed by atoms with van der Waals surface area (Å²) in [6.45, 7) is 25.9. The van der Waals surface area contributed by atoms with Crippen LogP contribution in [0.5, 0.6) is 0 Å². The Hall–Kier alpha value is -4.28. The average molecular weight is 879 g/mol. The number of nitrogens with zero attached hydrogens (tertiary/aromatic N) is 4. The first kappa shape index (κ1) is 50.7. The summed E-state index contributed by atoms with van der Waals surface area (Å²) in [5.41, 5.74) is 10.5. The van der Waals surface area contributed by atoms with Crippen molar-refractivity contribution in [1.29, 1.82) is 0 Å². The first-order valence-corrected chi connectivity index (χ1v) is 23.5. The van der Waals surface area contributed by atoms with Crippen molar-refractivity contribution in [1.82, 2.24) is 15.0 Å². The fourth-order valence-corrected chi connectivity index (χ4v) is 9.71. The van der Waals surface area contributed by atoms with Gasteiger partial charge >= 0.3 is 35.0 Å². The number of ketones is 1. The van der Waals surface area contributed by atoms with E-state index in [1.807, 2.05) is 58.1 Å². The van der Waals surface area contributed by atoms with Gasteiger partial charge in [0.2, 0.25) is 0 Å². The van der Waals surface area contributed by atoms with E-state index in [0.29, 0.717) is 46.1 Å². The van der Waals surface area contributed by atoms with Gasteiger partial charge in [-0.2, -0.15) is 11.4 Å². The first-order chi connectivity index (χ1) is 30.0. The van der Waals surface area contributed by atoms with Crippen molar-refractivity contribution in [2.24, 2.45) is 35.5 Å². The van der Waals surface area contributed by atoms with Crippen LogP contribution in [0.15, 0.2) is 29.6 Å². The largest absolute Gasteiger partial charge is 2.00 e. The molecule has 0 amide bonds. The van der Waals surface area contributed by atoms with Crippen molar-refractivity contribution in [3.63, 3.8) is 0 Å². The van der Waals surface area contributed by atoms with Gasteiger partial charge in [0.15, 0.2) is 5.78 Å². The minimum Gasteiger partial charge on any atom is -0.664 e. The average Bonchev–Trinajstić information content (AvgIpc) is 3.97. The third kappa shape index (κ3) is 11.2. The van der Waals surface area contributed by atoms with Crippen LogP contribution in [0.1, 0.15) is 173 Å². The number of Topliss-reactive ketones (excluding diaryl/α,β-unsaturated/α-hetero) is 1. The number of carbonyl (C=O) groups is 3. The van der Waals surface area contributed by atoms with E-state index in [9.17, 15) is 14.4 Å². The van der Waals surface area contributed by atoms with Crippen LogP contribution in [-0.4, -0.2) is 54.5 Å². The SMILES string of the molecule is C=Cc1c2[n-]c(c1C)/C=C1\[N-]/C(=C3\c4[n-]c(c(C)c4C(=O)[C@@H]3C(=O)OC)/C=c3\[n-]/c(c(C)c3C)=C\2)[C@@H](CCC(=O)OC/C=C(\C)CCC[C@H](C)CCC[C@H](C)CCCC(C)C)[C@@H]1C.[Mg+2]. The summed E-state index contributed by atoms with van der Waals surface area (Å²) in [7, 11) is 1.29. The van der Waals surface area contributed by atoms with Gasteiger partial charge in [-0.25, -0.2) is 0 Å². The van der Waals surface area contributed by atoms with Gasteiger partial charge in [-0.15, -0.1) is 33.5 Å². The second-order valence-electron chi connectivity index (χ2n) is 19.2. The molecule has 0 radical (unpaired) electrons. The molecule has 1 aliphatic carbocycles. The summed E-state index contributed by atoms with van der Waals surface area (Å²) in [4.78, 5) is 56.4. The van der Waals surface area contributed by atoms with Gasteiger partial charge in [-0.3, -0.25) is 14.4 Å². The number of ether oxygens (including phenoxy) is 2. The molecular weight excluding hydrogens is 809 g/mol. The molecule has 0 spiro atoms. The van der Waals surface area contributed by atoms with Crippen molar-refractivity contribution in [3.05, 3.63) is 102 Å². The van der Waals surface area contributed by atoms with Gasteiger partial charge in [0.25, 0.3) is 0 Å². The van der Waals surface area contributed by atoms with Gasteiger partial charge < -0.3 is 29.7 Å². The summed E-state index contributed by atoms with van der Waals surface area (Å²) in [5, 5.41) is 6.77. The van der Waals surface area contributed by atoms with E-state index >= 15 is 0 Å². The third-order valence-corrected chi connectivity index (χ3v) is 14.1. The van der Waals surface area contributed by atoms with E-state index in [2.05, 4.69) is 48.1 Å². The normalized spacial score (nSPS) is 21.8. The summed E-state index contributed by atoms with van der Waals surface area (Å²) in [5.74, 6) is -0.716. The van der Waals surface area contributed by atoms with Gasteiger partial charge in [0.1, 0.15) is 12.5 Å². The van der Waals surface area contributed by atoms with Crippen molar-refractivity contribution >= 4 is 70.7 Å². The number of carbonyl (C=O) groups excluding carboxylic acids is 3. The number of esters is 2. The van der Waals surface area contributed by atoms with Crippen LogP contribution >= 0.6 is 0 Å². The number of hydrogen-bond acceptors (Lipinski definition) is 5. The zero-order chi connectivity index (χ0) is 45.7. The number of methoxy groups -OCH3 is 1. The number of hydrogen-bond donors (Lipinski definition) is 0. The van der Waals surface area contributed by atoms with Crippen LogP contribution < -0.4 is 25.7 Å². The van der Waals surface area contributed by atoms with E-state index in [-0.39, 0.29) is 59.7 Å². The molecule has 9 nitrogen and oxygen atoms in total. The molecule has 340 valence electrons. The van der Waals surface area contributed by atoms with Crippen molar-refractivity contribution in [3.8, 4) is 0 Å². The molecule has 1 saturated heterocycles. The Balaban J connectivity index is 0.00000771. The van der Waals surface area contributed by atoms with E-state index in [0.717, 1.165) is 74.7 Å². The van der Waals surface area contributed by atoms with Crippen molar-refractivity contribution in [2.75, 3.05) is 13.7 Å². The molecule has 0 aromatic carbocycles. The zero-order valence-electron chi connectivity index (χ0n) is 40.6. The van der Waals surface area contributed by atoms with Crippen LogP contribution in [0.4, 0.5) is 0 Å². The molecule has 1 fully saturated rings. The molecule has 2 aliphatic heterocycles. The first-order valence-electron chi connectivity index (χ1n) is 23.5. The zero-order valence-corrected chi connectivity index (χ0v) is 42.0. The summed E-state index contributed by atoms with van der Waals surface area (Å²) in [6.07, 6.45) is 21.6. The van der Waals surface area contributed by atoms with E-state index in [1.165, 1.54) is 57.6 Å². The molecule has 3 aliphatic rings. The third-order valence-electron chi connectivity index (χ3n) is 14.1. The topological polar surface area (TPSA) is 126 Å². The van der Waals surface area contributed by atoms with Crippen LogP contribution in [0.3, 0.4) is 0 Å². The van der Waals surface area contributed by atoms with Crippen molar-refractivity contribution in [2.45, 2.75) is 140 Å². The molecule has 8 bridgehead atoms. The molecule has 6 rings (SSSR count). The minimum absolute atomic E-state index is 0. The van der Waals surface area contributed by atoms with Crippen LogP contribution in [0.25, 0.3) is 35.2 Å². The molecule has 5 atom stereocenters. The van der Waals surface area contributed by atoms with E-state index in [1.54, 1.807) is 0 Å². The number of fused-ring (bicyclic) bond motifs is 7. The Labute approximate surface area is 398 Å². The monoisotopic (exact) mass is 879 g/mol. The fourth-order valence-electron chi connectivity index (χ4n) is 9.71. The number of rotatable bonds is 19. The van der Waals surface area contributed by atoms with Gasteiger partial charge in [0, 0.05) is 12.0 Å². The molecule has 0 unspecified atom stereocenters. The molecule has 3 aromatic heterocycles. The molecule has 0 saturated carbocycles. The number of allylic oxidation sites excluding steroid dienone is 3. The molecule has 0 N–H and O–H groups in total. The maximum Gasteiger partial charge on any atom is 2.00 e. The molecule has 10 heteroatoms. The van der Waals surface area contributed by atoms with Crippen LogP contribution in [0.2, 0.25) is 0 Å². The Morgan fingerprint density at radius 2 is 1.41 bits per heavy atom. The van der Waals surface area contributed by atoms with E-state index < -0.39 is 11.9 Å². The molecule has 64 heavy (non-hydrogen) atoms. The second-order valence-corrected chi connectivity index (χ2v) is 19.2. The standard InChI is InChI=1S/C54H71N4O5.Mg/c1-13-39-36(9)43-28-44-37(10)40(23-24-47(59)63-26-25-33(6)22-16-21-32(5)20-15-19-31(4)18-14-17-30(2)3)51(57-44)49-50(54(61)62-12)53(60)48-38(11)45(58-52(48)49)27-41-34(7)35(8)42(55-41)29-46(39)56-43;/h13,25,27-32,37,40,50H,1,14-24,26H2,2-12H3,(H-,57,58,60);/q-3;+2/p-1/b33-25+,41-27-,42-29-,44-28-;/t31-,32-,37+,40+,50-;/m1./s1. The van der Waals surface area contributed by atoms with Crippen LogP contribution in [-0.2, 0) is 19.1 Å². The minimum atomic E-state index is -1.22. The molecular formula is C54H70MgN4O5-2. The Morgan fingerprint density at radius 3 is 2.03 bits per heavy atom. The van der Waals surface area contributed by atoms with Gasteiger partial charge in [-0.05, 0) is 95.1 Å². The predicted molar refractivity (Wildman–Crippen MR) is 260 cm³/mol. The summed E-state index contributed by atoms with van der Waals surface area (Å²) >= 11 is 0. The fraction of sp³-hybridized carbons (Fsp3) is 0.537. The van der Waals surface area contributed by atoms with Crippen molar-refractivity contribution < 1.29 is 23.9 Å². The number of aromatic nitrogens is 3. The molecule has 5 heterocycles. The van der Waals surface area contributed by atoms with Gasteiger partial charge in [-0.1, -0.05) is 144 Å². The van der Waals surface area contributed by atoms with Crippen LogP contribution in [0, 0.1) is 63.2 Å². The van der Waals surface area contributed by atoms with E-state index in [4.69, 9.17) is 29.7 Å². The maximum absolute atomic E-state index is 14.3. The quantitative estimate of drug-likeness (QED) is 0.0504. The second kappa shape index (κ2) is 22.3. The Kier molecular flexibility index (Phi) is 17.6. The maximum atomic E-state index is 14.3. The van der Waals surface area contributed by atoms with Gasteiger partial charge in [0.05, 0.1) is 7.11 Å². The Morgan fingerprint density at radius 1 is 0.797 bits per heavy atom. The molecule has 3 aromatic rings. The summed E-state index contributed by atoms with van der Waals surface area (Å²) in [6, 6.07) is 0. The Bertz CT molecular complexity index is 2440. The predicted octanol–water partition coefficient (Wildman–Crippen LogP) is 10.1. The summed E-state index contributed by atoms with van der Waals surface area (Å²) < 4.78 is 11.0.